The van der Waals surface area contributed by atoms with Crippen LogP contribution in [0.2, 0.25) is 0 Å². The normalized spacial score (nSPS) is 11.1. The standard InChI is InChI=1S/C34H48N3O2P.BrH/c1-35(2)28-15-21-31(22-16-28)40(32-23-17-29(18-24-32)36(3)4,33-25-19-30(20-26-33)37(5)6)27-13-11-9-7-8-10-12-14-34(38)39;/h15-26H,7-14,27H2,1-6H3;1H. The fourth-order valence-corrected chi connectivity index (χ4v) is 9.70. The fourth-order valence-electron chi connectivity index (χ4n) is 5.36. The molecule has 0 atom stereocenters. The second kappa shape index (κ2) is 16.8. The zero-order chi connectivity index (χ0) is 29.1. The molecule has 0 radical (unpaired) electrons. The summed E-state index contributed by atoms with van der Waals surface area (Å²) in [5.41, 5.74) is 3.65. The third kappa shape index (κ3) is 9.48. The number of rotatable bonds is 16. The van der Waals surface area contributed by atoms with Crippen molar-refractivity contribution in [3.63, 3.8) is 0 Å². The van der Waals surface area contributed by atoms with Crippen LogP contribution in [0.5, 0.6) is 0 Å². The first kappa shape index (κ1) is 34.6. The summed E-state index contributed by atoms with van der Waals surface area (Å²) in [6, 6.07) is 27.8. The lowest BCUT2D eigenvalue weighted by atomic mass is 10.1. The first-order valence-corrected chi connectivity index (χ1v) is 16.6. The summed E-state index contributed by atoms with van der Waals surface area (Å²) in [7, 11) is 10.7. The fraction of sp³-hybridized carbons (Fsp3) is 0.441. The Balaban J connectivity index is 0.00000588. The topological polar surface area (TPSA) is 47.0 Å². The number of carbonyl (C=O) groups is 1. The van der Waals surface area contributed by atoms with Gasteiger partial charge < -0.3 is 36.8 Å². The highest BCUT2D eigenvalue weighted by molar-refractivity contribution is 7.95. The Hall–Kier alpha value is -2.56. The van der Waals surface area contributed by atoms with Crippen molar-refractivity contribution in [3.8, 4) is 0 Å². The Morgan fingerprint density at radius 2 is 0.829 bits per heavy atom. The quantitative estimate of drug-likeness (QED) is 0.192. The van der Waals surface area contributed by atoms with Gasteiger partial charge in [-0.2, -0.15) is 0 Å². The number of carboxylic acids is 1. The summed E-state index contributed by atoms with van der Waals surface area (Å²) < 4.78 is 0. The lowest BCUT2D eigenvalue weighted by molar-refractivity contribution is -0.137. The number of nitrogens with zero attached hydrogens (tertiary/aromatic N) is 3. The number of anilines is 3. The monoisotopic (exact) mass is 641 g/mol. The van der Waals surface area contributed by atoms with Crippen LogP contribution in [-0.4, -0.2) is 59.5 Å². The molecule has 0 fully saturated rings. The molecule has 0 amide bonds. The van der Waals surface area contributed by atoms with E-state index in [1.807, 2.05) is 0 Å². The number of hydrogen-bond acceptors (Lipinski definition) is 4. The molecular weight excluding hydrogens is 593 g/mol. The average Bonchev–Trinajstić information content (AvgIpc) is 2.94. The molecule has 0 spiro atoms. The first-order valence-electron chi connectivity index (χ1n) is 14.6. The Morgan fingerprint density at radius 1 is 0.537 bits per heavy atom. The number of hydrogen-bond donors (Lipinski definition) is 1. The Kier molecular flexibility index (Phi) is 14.2. The van der Waals surface area contributed by atoms with Gasteiger partial charge >= 0.3 is 5.97 Å². The highest BCUT2D eigenvalue weighted by Crippen LogP contribution is 2.56. The van der Waals surface area contributed by atoms with Crippen molar-refractivity contribution in [2.75, 3.05) is 63.1 Å². The van der Waals surface area contributed by atoms with E-state index in [9.17, 15) is 4.79 Å². The number of benzene rings is 3. The average molecular weight is 643 g/mol. The van der Waals surface area contributed by atoms with Crippen LogP contribution in [0.4, 0.5) is 17.1 Å². The van der Waals surface area contributed by atoms with Gasteiger partial charge in [0.1, 0.15) is 23.2 Å². The van der Waals surface area contributed by atoms with Gasteiger partial charge in [-0.1, -0.05) is 25.7 Å². The van der Waals surface area contributed by atoms with Crippen molar-refractivity contribution in [1.82, 2.24) is 0 Å². The van der Waals surface area contributed by atoms with Gasteiger partial charge in [0.05, 0.1) is 6.16 Å². The molecule has 0 bridgehead atoms. The largest absolute Gasteiger partial charge is 1.00 e. The van der Waals surface area contributed by atoms with Gasteiger partial charge in [-0.05, 0) is 92.1 Å². The molecule has 0 unspecified atom stereocenters. The predicted molar refractivity (Wildman–Crippen MR) is 178 cm³/mol. The van der Waals surface area contributed by atoms with Crippen molar-refractivity contribution >= 4 is 46.2 Å². The minimum Gasteiger partial charge on any atom is -1.00 e. The maximum Gasteiger partial charge on any atom is 0.303 e. The molecule has 3 aromatic carbocycles. The van der Waals surface area contributed by atoms with E-state index < -0.39 is 13.2 Å². The predicted octanol–water partition coefficient (Wildman–Crippen LogP) is 3.39. The minimum absolute atomic E-state index is 0. The van der Waals surface area contributed by atoms with Crippen molar-refractivity contribution in [3.05, 3.63) is 72.8 Å². The molecule has 7 heteroatoms. The summed E-state index contributed by atoms with van der Waals surface area (Å²) in [4.78, 5) is 17.3. The van der Waals surface area contributed by atoms with Crippen LogP contribution in [0, 0.1) is 0 Å². The molecule has 41 heavy (non-hydrogen) atoms. The summed E-state index contributed by atoms with van der Waals surface area (Å²) in [5, 5.41) is 13.2. The van der Waals surface area contributed by atoms with Crippen molar-refractivity contribution in [1.29, 1.82) is 0 Å². The molecular formula is C34H49BrN3O2P. The van der Waals surface area contributed by atoms with Gasteiger partial charge in [0.15, 0.2) is 0 Å². The molecule has 0 aliphatic carbocycles. The van der Waals surface area contributed by atoms with Gasteiger partial charge in [-0.3, -0.25) is 4.79 Å². The summed E-state index contributed by atoms with van der Waals surface area (Å²) >= 11 is 0. The molecule has 0 aromatic heterocycles. The lowest BCUT2D eigenvalue weighted by Crippen LogP contribution is -3.00. The van der Waals surface area contributed by atoms with E-state index in [-0.39, 0.29) is 17.0 Å². The zero-order valence-electron chi connectivity index (χ0n) is 25.8. The SMILES string of the molecule is CN(C)c1ccc([P+](CCCCCCCCCC(=O)O)(c2ccc(N(C)C)cc2)c2ccc(N(C)C)cc2)cc1.[Br-]. The van der Waals surface area contributed by atoms with Crippen molar-refractivity contribution in [2.24, 2.45) is 0 Å². The van der Waals surface area contributed by atoms with E-state index in [0.717, 1.165) is 25.4 Å². The minimum atomic E-state index is -1.90. The maximum absolute atomic E-state index is 10.8. The van der Waals surface area contributed by atoms with E-state index in [0.29, 0.717) is 6.42 Å². The first-order chi connectivity index (χ1) is 19.1. The zero-order valence-corrected chi connectivity index (χ0v) is 28.3. The van der Waals surface area contributed by atoms with Crippen LogP contribution in [0.25, 0.3) is 0 Å². The third-order valence-corrected chi connectivity index (χ3v) is 12.3. The van der Waals surface area contributed by atoms with Gasteiger partial charge in [0.25, 0.3) is 0 Å². The van der Waals surface area contributed by atoms with E-state index in [2.05, 4.69) is 130 Å². The molecule has 3 aromatic rings. The highest BCUT2D eigenvalue weighted by atomic mass is 79.9. The van der Waals surface area contributed by atoms with Crippen LogP contribution >= 0.6 is 7.26 Å². The Labute approximate surface area is 259 Å². The van der Waals surface area contributed by atoms with E-state index in [1.165, 1.54) is 58.7 Å². The van der Waals surface area contributed by atoms with Crippen molar-refractivity contribution < 1.29 is 26.9 Å². The van der Waals surface area contributed by atoms with Gasteiger partial charge in [0, 0.05) is 65.8 Å². The van der Waals surface area contributed by atoms with Gasteiger partial charge in [0.2, 0.25) is 0 Å². The molecule has 0 saturated heterocycles. The van der Waals surface area contributed by atoms with Gasteiger partial charge in [-0.25, -0.2) is 0 Å². The molecule has 0 saturated carbocycles. The highest BCUT2D eigenvalue weighted by Gasteiger charge is 2.44. The third-order valence-electron chi connectivity index (χ3n) is 7.80. The summed E-state index contributed by atoms with van der Waals surface area (Å²) in [6.45, 7) is 0. The van der Waals surface area contributed by atoms with E-state index >= 15 is 0 Å². The summed E-state index contributed by atoms with van der Waals surface area (Å²) in [5.74, 6) is -0.684. The molecule has 0 aliphatic heterocycles. The second-order valence-corrected chi connectivity index (χ2v) is 15.0. The second-order valence-electron chi connectivity index (χ2n) is 11.4. The van der Waals surface area contributed by atoms with Crippen LogP contribution in [0.15, 0.2) is 72.8 Å². The molecule has 1 N–H and O–H groups in total. The van der Waals surface area contributed by atoms with Crippen LogP contribution in [0.1, 0.15) is 51.4 Å². The molecule has 0 aliphatic rings. The van der Waals surface area contributed by atoms with Crippen LogP contribution in [0.3, 0.4) is 0 Å². The number of unbranched alkanes of at least 4 members (excludes halogenated alkanes) is 6. The molecule has 5 nitrogen and oxygen atoms in total. The summed E-state index contributed by atoms with van der Waals surface area (Å²) in [6.07, 6.45) is 9.09. The van der Waals surface area contributed by atoms with Crippen LogP contribution in [-0.2, 0) is 4.79 Å². The lowest BCUT2D eigenvalue weighted by Gasteiger charge is -2.29. The molecule has 0 heterocycles. The van der Waals surface area contributed by atoms with E-state index in [1.54, 1.807) is 0 Å². The Morgan fingerprint density at radius 3 is 1.12 bits per heavy atom. The van der Waals surface area contributed by atoms with Crippen molar-refractivity contribution in [2.45, 2.75) is 51.4 Å². The molecule has 3 rings (SSSR count). The van der Waals surface area contributed by atoms with Crippen LogP contribution < -0.4 is 47.6 Å². The number of halogens is 1. The van der Waals surface area contributed by atoms with Gasteiger partial charge in [-0.15, -0.1) is 0 Å². The number of aliphatic carboxylic acids is 1. The van der Waals surface area contributed by atoms with E-state index in [4.69, 9.17) is 5.11 Å². The smallest absolute Gasteiger partial charge is 0.303 e. The number of carboxylic acid groups (broad SMARTS) is 1. The maximum atomic E-state index is 10.8. The molecule has 224 valence electrons. The Bertz CT molecular complexity index is 1050.